The normalized spacial score (nSPS) is 21.4. The second-order valence-electron chi connectivity index (χ2n) is 4.15. The van der Waals surface area contributed by atoms with Gasteiger partial charge in [0.25, 0.3) is 5.56 Å². The van der Waals surface area contributed by atoms with Crippen molar-refractivity contribution in [1.82, 2.24) is 9.78 Å². The number of benzene rings is 1. The molecule has 4 heteroatoms. The zero-order valence-corrected chi connectivity index (χ0v) is 8.98. The van der Waals surface area contributed by atoms with E-state index in [4.69, 9.17) is 4.74 Å². The molecule has 1 aliphatic rings. The molecule has 1 fully saturated rings. The van der Waals surface area contributed by atoms with Crippen LogP contribution in [-0.4, -0.2) is 16.4 Å². The van der Waals surface area contributed by atoms with Gasteiger partial charge >= 0.3 is 0 Å². The van der Waals surface area contributed by atoms with Crippen molar-refractivity contribution in [3.05, 3.63) is 34.6 Å². The molecule has 2 heterocycles. The van der Waals surface area contributed by atoms with Crippen molar-refractivity contribution in [1.29, 1.82) is 0 Å². The van der Waals surface area contributed by atoms with Gasteiger partial charge in [-0.3, -0.25) is 14.6 Å². The zero-order chi connectivity index (χ0) is 11.0. The van der Waals surface area contributed by atoms with E-state index in [-0.39, 0.29) is 11.8 Å². The number of ether oxygens (including phenoxy) is 1. The summed E-state index contributed by atoms with van der Waals surface area (Å²) < 4.78 is 7.54. The monoisotopic (exact) mass is 218 g/mol. The Morgan fingerprint density at radius 2 is 2.19 bits per heavy atom. The molecule has 1 aromatic heterocycles. The summed E-state index contributed by atoms with van der Waals surface area (Å²) in [4.78, 5) is 11.7. The number of hydrogen-bond acceptors (Lipinski definition) is 2. The predicted octanol–water partition coefficient (Wildman–Crippen LogP) is 2.03. The van der Waals surface area contributed by atoms with Crippen LogP contribution in [-0.2, 0) is 4.74 Å². The first kappa shape index (κ1) is 9.66. The minimum Gasteiger partial charge on any atom is -0.357 e. The maximum atomic E-state index is 11.7. The zero-order valence-electron chi connectivity index (χ0n) is 8.98. The standard InChI is InChI=1S/C12H14N2O2/c15-12-9-5-1-2-6-10(9)14(13-12)11-7-3-4-8-16-11/h1-2,5-6,11H,3-4,7-8H2,(H,13,15). The molecular formula is C12H14N2O2. The molecule has 1 aromatic carbocycles. The number of fused-ring (bicyclic) bond motifs is 1. The molecule has 1 aliphatic heterocycles. The molecule has 1 N–H and O–H groups in total. The lowest BCUT2D eigenvalue weighted by molar-refractivity contribution is -0.0369. The summed E-state index contributed by atoms with van der Waals surface area (Å²) >= 11 is 0. The number of nitrogens with one attached hydrogen (secondary N) is 1. The Morgan fingerprint density at radius 3 is 3.00 bits per heavy atom. The number of aromatic nitrogens is 2. The second-order valence-corrected chi connectivity index (χ2v) is 4.15. The molecule has 0 bridgehead atoms. The van der Waals surface area contributed by atoms with Crippen LogP contribution in [0.15, 0.2) is 29.1 Å². The minimum atomic E-state index is -0.0372. The highest BCUT2D eigenvalue weighted by Gasteiger charge is 2.18. The number of rotatable bonds is 1. The van der Waals surface area contributed by atoms with E-state index in [0.29, 0.717) is 0 Å². The molecule has 3 rings (SSSR count). The van der Waals surface area contributed by atoms with Crippen LogP contribution in [0.5, 0.6) is 0 Å². The Kier molecular flexibility index (Phi) is 2.29. The number of para-hydroxylation sites is 1. The van der Waals surface area contributed by atoms with Crippen molar-refractivity contribution in [3.63, 3.8) is 0 Å². The highest BCUT2D eigenvalue weighted by molar-refractivity contribution is 5.78. The average molecular weight is 218 g/mol. The average Bonchev–Trinajstić information content (AvgIpc) is 2.69. The summed E-state index contributed by atoms with van der Waals surface area (Å²) in [5.41, 5.74) is 0.893. The van der Waals surface area contributed by atoms with Crippen molar-refractivity contribution >= 4 is 10.9 Å². The fraction of sp³-hybridized carbons (Fsp3) is 0.417. The highest BCUT2D eigenvalue weighted by atomic mass is 16.5. The Balaban J connectivity index is 2.12. The van der Waals surface area contributed by atoms with Crippen molar-refractivity contribution < 1.29 is 4.74 Å². The SMILES string of the molecule is O=c1[nH]n(C2CCCCO2)c2ccccc12. The van der Waals surface area contributed by atoms with Gasteiger partial charge in [0, 0.05) is 6.61 Å². The third-order valence-corrected chi connectivity index (χ3v) is 3.07. The molecule has 1 atom stereocenters. The summed E-state index contributed by atoms with van der Waals surface area (Å²) in [6.07, 6.45) is 3.22. The van der Waals surface area contributed by atoms with E-state index in [9.17, 15) is 4.79 Å². The van der Waals surface area contributed by atoms with Crippen LogP contribution in [0, 0.1) is 0 Å². The van der Waals surface area contributed by atoms with Crippen LogP contribution in [0.4, 0.5) is 0 Å². The van der Waals surface area contributed by atoms with Gasteiger partial charge in [0.2, 0.25) is 0 Å². The molecule has 0 aliphatic carbocycles. The van der Waals surface area contributed by atoms with Gasteiger partial charge in [-0.2, -0.15) is 0 Å². The number of nitrogens with zero attached hydrogens (tertiary/aromatic N) is 1. The third-order valence-electron chi connectivity index (χ3n) is 3.07. The van der Waals surface area contributed by atoms with Gasteiger partial charge in [-0.1, -0.05) is 12.1 Å². The molecule has 0 saturated carbocycles. The van der Waals surface area contributed by atoms with Gasteiger partial charge < -0.3 is 4.74 Å². The first-order chi connectivity index (χ1) is 7.86. The van der Waals surface area contributed by atoms with Gasteiger partial charge in [0.05, 0.1) is 10.9 Å². The maximum Gasteiger partial charge on any atom is 0.272 e. The number of hydrogen-bond donors (Lipinski definition) is 1. The van der Waals surface area contributed by atoms with Gasteiger partial charge in [0.1, 0.15) is 6.23 Å². The van der Waals surface area contributed by atoms with E-state index in [2.05, 4.69) is 5.10 Å². The quantitative estimate of drug-likeness (QED) is 0.796. The molecule has 0 amide bonds. The van der Waals surface area contributed by atoms with Crippen LogP contribution in [0.25, 0.3) is 10.9 Å². The molecule has 0 spiro atoms. The fourth-order valence-electron chi connectivity index (χ4n) is 2.26. The van der Waals surface area contributed by atoms with Crippen molar-refractivity contribution in [2.24, 2.45) is 0 Å². The first-order valence-corrected chi connectivity index (χ1v) is 5.67. The van der Waals surface area contributed by atoms with Crippen LogP contribution in [0.2, 0.25) is 0 Å². The van der Waals surface area contributed by atoms with Crippen LogP contribution in [0.1, 0.15) is 25.5 Å². The minimum absolute atomic E-state index is 0.0126. The highest BCUT2D eigenvalue weighted by Crippen LogP contribution is 2.24. The molecule has 1 unspecified atom stereocenters. The molecule has 0 radical (unpaired) electrons. The summed E-state index contributed by atoms with van der Waals surface area (Å²) in [5, 5.41) is 3.59. The largest absolute Gasteiger partial charge is 0.357 e. The molecule has 84 valence electrons. The number of H-pyrrole nitrogens is 1. The van der Waals surface area contributed by atoms with Gasteiger partial charge in [0.15, 0.2) is 0 Å². The molecule has 16 heavy (non-hydrogen) atoms. The van der Waals surface area contributed by atoms with Crippen molar-refractivity contribution in [2.75, 3.05) is 6.61 Å². The number of aromatic amines is 1. The van der Waals surface area contributed by atoms with Gasteiger partial charge in [-0.25, -0.2) is 0 Å². The predicted molar refractivity (Wildman–Crippen MR) is 61.4 cm³/mol. The van der Waals surface area contributed by atoms with E-state index in [0.717, 1.165) is 36.8 Å². The van der Waals surface area contributed by atoms with E-state index in [1.807, 2.05) is 28.9 Å². The molecule has 4 nitrogen and oxygen atoms in total. The lowest BCUT2D eigenvalue weighted by Gasteiger charge is -2.23. The van der Waals surface area contributed by atoms with Crippen molar-refractivity contribution in [3.8, 4) is 0 Å². The Morgan fingerprint density at radius 1 is 1.31 bits per heavy atom. The van der Waals surface area contributed by atoms with E-state index >= 15 is 0 Å². The van der Waals surface area contributed by atoms with E-state index in [1.165, 1.54) is 0 Å². The lowest BCUT2D eigenvalue weighted by atomic mass is 10.2. The Hall–Kier alpha value is -1.55. The van der Waals surface area contributed by atoms with Crippen LogP contribution < -0.4 is 5.56 Å². The summed E-state index contributed by atoms with van der Waals surface area (Å²) in [6.45, 7) is 0.777. The van der Waals surface area contributed by atoms with Gasteiger partial charge in [-0.05, 0) is 31.4 Å². The lowest BCUT2D eigenvalue weighted by Crippen LogP contribution is -2.20. The van der Waals surface area contributed by atoms with Crippen molar-refractivity contribution in [2.45, 2.75) is 25.5 Å². The smallest absolute Gasteiger partial charge is 0.272 e. The van der Waals surface area contributed by atoms with Crippen LogP contribution in [0.3, 0.4) is 0 Å². The van der Waals surface area contributed by atoms with E-state index in [1.54, 1.807) is 0 Å². The van der Waals surface area contributed by atoms with E-state index < -0.39 is 0 Å². The topological polar surface area (TPSA) is 47.0 Å². The fourth-order valence-corrected chi connectivity index (χ4v) is 2.26. The Labute approximate surface area is 92.8 Å². The molecule has 2 aromatic rings. The molecular weight excluding hydrogens is 204 g/mol. The summed E-state index contributed by atoms with van der Waals surface area (Å²) in [5.74, 6) is 0. The first-order valence-electron chi connectivity index (χ1n) is 5.67. The Bertz CT molecular complexity index is 549. The summed E-state index contributed by atoms with van der Waals surface area (Å²) in [6, 6.07) is 7.61. The third kappa shape index (κ3) is 1.46. The van der Waals surface area contributed by atoms with Gasteiger partial charge in [-0.15, -0.1) is 0 Å². The van der Waals surface area contributed by atoms with Crippen LogP contribution >= 0.6 is 0 Å². The maximum absolute atomic E-state index is 11.7. The second kappa shape index (κ2) is 3.79. The summed E-state index contributed by atoms with van der Waals surface area (Å²) in [7, 11) is 0. The molecule has 1 saturated heterocycles.